The third-order valence-electron chi connectivity index (χ3n) is 3.30. The third kappa shape index (κ3) is 5.51. The van der Waals surface area contributed by atoms with E-state index in [4.69, 9.17) is 0 Å². The van der Waals surface area contributed by atoms with Crippen molar-refractivity contribution in [2.45, 2.75) is 18.7 Å². The molecule has 0 radical (unpaired) electrons. The summed E-state index contributed by atoms with van der Waals surface area (Å²) in [5, 5.41) is 0. The minimum Gasteiger partial charge on any atom is -0.207 e. The maximum Gasteiger partial charge on any atom is 0.240 e. The van der Waals surface area contributed by atoms with E-state index in [2.05, 4.69) is 4.72 Å². The molecule has 0 unspecified atom stereocenters. The predicted octanol–water partition coefficient (Wildman–Crippen LogP) is 3.93. The molecule has 2 aromatic rings. The molecule has 0 amide bonds. The van der Waals surface area contributed by atoms with Crippen molar-refractivity contribution in [3.05, 3.63) is 83.4 Å². The summed E-state index contributed by atoms with van der Waals surface area (Å²) in [4.78, 5) is 0.285. The van der Waals surface area contributed by atoms with Gasteiger partial charge in [-0.05, 0) is 31.5 Å². The summed E-state index contributed by atoms with van der Waals surface area (Å²) in [5.41, 5.74) is 3.21. The van der Waals surface area contributed by atoms with Crippen LogP contribution in [0.3, 0.4) is 0 Å². The van der Waals surface area contributed by atoms with Crippen LogP contribution >= 0.6 is 0 Å². The van der Waals surface area contributed by atoms with Crippen LogP contribution in [0, 0.1) is 6.92 Å². The summed E-state index contributed by atoms with van der Waals surface area (Å²) < 4.78 is 26.8. The summed E-state index contributed by atoms with van der Waals surface area (Å²) in [6, 6.07) is 16.8. The van der Waals surface area contributed by atoms with Crippen molar-refractivity contribution < 1.29 is 8.42 Å². The molecule has 0 saturated heterocycles. The normalized spacial score (nSPS) is 12.7. The van der Waals surface area contributed by atoms with E-state index in [1.54, 1.807) is 30.3 Å². The monoisotopic (exact) mass is 327 g/mol. The molecule has 2 rings (SSSR count). The first kappa shape index (κ1) is 17.2. The summed E-state index contributed by atoms with van der Waals surface area (Å²) in [5.74, 6) is 0. The fourth-order valence-corrected chi connectivity index (χ4v) is 3.04. The molecule has 0 aliphatic carbocycles. The lowest BCUT2D eigenvalue weighted by atomic mass is 10.1. The molecular weight excluding hydrogens is 306 g/mol. The lowest BCUT2D eigenvalue weighted by Crippen LogP contribution is -2.23. The quantitative estimate of drug-likeness (QED) is 0.817. The smallest absolute Gasteiger partial charge is 0.207 e. The van der Waals surface area contributed by atoms with Gasteiger partial charge in [0, 0.05) is 6.54 Å². The highest BCUT2D eigenvalue weighted by Gasteiger charge is 2.11. The number of allylic oxidation sites excluding steroid dienone is 2. The van der Waals surface area contributed by atoms with Gasteiger partial charge < -0.3 is 0 Å². The van der Waals surface area contributed by atoms with Crippen LogP contribution in [0.1, 0.15) is 18.1 Å². The summed E-state index contributed by atoms with van der Waals surface area (Å²) >= 11 is 0. The van der Waals surface area contributed by atoms with Gasteiger partial charge in [-0.1, -0.05) is 71.8 Å². The SMILES string of the molecule is CC(/C=C/CNS(=O)(=O)c1ccc(C)cc1)=C\c1ccccc1. The fraction of sp³-hybridized carbons (Fsp3) is 0.158. The summed E-state index contributed by atoms with van der Waals surface area (Å²) in [6.07, 6.45) is 5.76. The Morgan fingerprint density at radius 3 is 2.35 bits per heavy atom. The van der Waals surface area contributed by atoms with Gasteiger partial charge in [-0.25, -0.2) is 13.1 Å². The molecule has 0 saturated carbocycles. The molecule has 0 atom stereocenters. The molecular formula is C19H21NO2S. The van der Waals surface area contributed by atoms with Gasteiger partial charge in [-0.2, -0.15) is 0 Å². The van der Waals surface area contributed by atoms with Crippen molar-refractivity contribution in [1.82, 2.24) is 4.72 Å². The molecule has 0 spiro atoms. The van der Waals surface area contributed by atoms with E-state index in [0.717, 1.165) is 16.7 Å². The first-order valence-electron chi connectivity index (χ1n) is 7.43. The van der Waals surface area contributed by atoms with Crippen LogP contribution in [-0.4, -0.2) is 15.0 Å². The Hall–Kier alpha value is -2.17. The minimum absolute atomic E-state index is 0.260. The molecule has 0 heterocycles. The zero-order valence-corrected chi connectivity index (χ0v) is 14.2. The molecule has 4 heteroatoms. The van der Waals surface area contributed by atoms with E-state index in [1.165, 1.54) is 0 Å². The Morgan fingerprint density at radius 2 is 1.70 bits per heavy atom. The molecule has 1 N–H and O–H groups in total. The van der Waals surface area contributed by atoms with Gasteiger partial charge in [0.25, 0.3) is 0 Å². The first-order valence-corrected chi connectivity index (χ1v) is 8.92. The van der Waals surface area contributed by atoms with Gasteiger partial charge in [-0.15, -0.1) is 0 Å². The Kier molecular flexibility index (Phi) is 5.90. The van der Waals surface area contributed by atoms with E-state index in [0.29, 0.717) is 0 Å². The maximum absolute atomic E-state index is 12.1. The van der Waals surface area contributed by atoms with Crippen LogP contribution in [0.2, 0.25) is 0 Å². The minimum atomic E-state index is -3.45. The van der Waals surface area contributed by atoms with E-state index < -0.39 is 10.0 Å². The van der Waals surface area contributed by atoms with Crippen molar-refractivity contribution in [3.8, 4) is 0 Å². The van der Waals surface area contributed by atoms with E-state index in [9.17, 15) is 8.42 Å². The lowest BCUT2D eigenvalue weighted by molar-refractivity contribution is 0.585. The van der Waals surface area contributed by atoms with Crippen LogP contribution in [0.25, 0.3) is 6.08 Å². The number of sulfonamides is 1. The molecule has 2 aromatic carbocycles. The number of hydrogen-bond acceptors (Lipinski definition) is 2. The number of nitrogens with one attached hydrogen (secondary N) is 1. The van der Waals surface area contributed by atoms with Gasteiger partial charge in [0.1, 0.15) is 0 Å². The molecule has 0 fully saturated rings. The highest BCUT2D eigenvalue weighted by Crippen LogP contribution is 2.10. The molecule has 0 aromatic heterocycles. The predicted molar refractivity (Wildman–Crippen MR) is 95.6 cm³/mol. The first-order chi connectivity index (χ1) is 11.0. The van der Waals surface area contributed by atoms with Gasteiger partial charge >= 0.3 is 0 Å². The zero-order chi connectivity index (χ0) is 16.7. The molecule has 0 aliphatic rings. The van der Waals surface area contributed by atoms with Crippen molar-refractivity contribution in [3.63, 3.8) is 0 Å². The van der Waals surface area contributed by atoms with Crippen molar-refractivity contribution in [2.75, 3.05) is 6.54 Å². The van der Waals surface area contributed by atoms with Gasteiger partial charge in [0.05, 0.1) is 4.90 Å². The van der Waals surface area contributed by atoms with Crippen molar-refractivity contribution in [2.24, 2.45) is 0 Å². The average Bonchev–Trinajstić information content (AvgIpc) is 2.53. The second kappa shape index (κ2) is 7.90. The highest BCUT2D eigenvalue weighted by molar-refractivity contribution is 7.89. The number of aryl methyl sites for hydroxylation is 1. The zero-order valence-electron chi connectivity index (χ0n) is 13.4. The molecule has 0 aliphatic heterocycles. The Labute approximate surface area is 138 Å². The Balaban J connectivity index is 1.93. The van der Waals surface area contributed by atoms with Gasteiger partial charge in [0.15, 0.2) is 0 Å². The second-order valence-corrected chi connectivity index (χ2v) is 7.13. The highest BCUT2D eigenvalue weighted by atomic mass is 32.2. The second-order valence-electron chi connectivity index (χ2n) is 5.37. The lowest BCUT2D eigenvalue weighted by Gasteiger charge is -2.04. The number of hydrogen-bond donors (Lipinski definition) is 1. The molecule has 3 nitrogen and oxygen atoms in total. The van der Waals surface area contributed by atoms with Crippen LogP contribution in [0.5, 0.6) is 0 Å². The number of rotatable bonds is 6. The fourth-order valence-electron chi connectivity index (χ4n) is 2.06. The standard InChI is InChI=1S/C19H21NO2S/c1-16-10-12-19(13-11-16)23(21,22)20-14-6-7-17(2)15-18-8-4-3-5-9-18/h3-13,15,20H,14H2,1-2H3/b7-6+,17-15+. The van der Waals surface area contributed by atoms with E-state index >= 15 is 0 Å². The number of benzene rings is 2. The Bertz CT molecular complexity index is 789. The molecule has 120 valence electrons. The maximum atomic E-state index is 12.1. The largest absolute Gasteiger partial charge is 0.240 e. The average molecular weight is 327 g/mol. The van der Waals surface area contributed by atoms with E-state index in [-0.39, 0.29) is 11.4 Å². The van der Waals surface area contributed by atoms with Crippen LogP contribution in [0.15, 0.2) is 77.2 Å². The topological polar surface area (TPSA) is 46.2 Å². The van der Waals surface area contributed by atoms with Crippen LogP contribution in [0.4, 0.5) is 0 Å². The van der Waals surface area contributed by atoms with Crippen molar-refractivity contribution in [1.29, 1.82) is 0 Å². The van der Waals surface area contributed by atoms with Gasteiger partial charge in [0.2, 0.25) is 10.0 Å². The van der Waals surface area contributed by atoms with E-state index in [1.807, 2.05) is 56.3 Å². The Morgan fingerprint density at radius 1 is 1.04 bits per heavy atom. The molecule has 23 heavy (non-hydrogen) atoms. The third-order valence-corrected chi connectivity index (χ3v) is 4.74. The van der Waals surface area contributed by atoms with Crippen LogP contribution < -0.4 is 4.72 Å². The summed E-state index contributed by atoms with van der Waals surface area (Å²) in [6.45, 7) is 4.17. The van der Waals surface area contributed by atoms with Crippen LogP contribution in [-0.2, 0) is 10.0 Å². The van der Waals surface area contributed by atoms with Crippen molar-refractivity contribution >= 4 is 16.1 Å². The summed E-state index contributed by atoms with van der Waals surface area (Å²) in [7, 11) is -3.45. The van der Waals surface area contributed by atoms with Gasteiger partial charge in [-0.3, -0.25) is 0 Å². The molecule has 0 bridgehead atoms.